The van der Waals surface area contributed by atoms with Gasteiger partial charge in [0, 0.05) is 43.2 Å². The fraction of sp³-hybridized carbons (Fsp3) is 0.120. The number of benzene rings is 2. The summed E-state index contributed by atoms with van der Waals surface area (Å²) < 4.78 is 7.92. The summed E-state index contributed by atoms with van der Waals surface area (Å²) in [6.45, 7) is 2.42. The lowest BCUT2D eigenvalue weighted by Crippen LogP contribution is -2.03. The second kappa shape index (κ2) is 7.87. The van der Waals surface area contributed by atoms with Crippen LogP contribution in [0.25, 0.3) is 33.4 Å². The zero-order valence-corrected chi connectivity index (χ0v) is 18.9. The van der Waals surface area contributed by atoms with Crippen molar-refractivity contribution in [2.75, 3.05) is 5.32 Å². The molecule has 1 aliphatic rings. The van der Waals surface area contributed by atoms with E-state index in [1.165, 1.54) is 18.5 Å². The molecule has 0 saturated carbocycles. The van der Waals surface area contributed by atoms with Crippen LogP contribution in [0, 0.1) is 17.0 Å². The average Bonchev–Trinajstić information content (AvgIpc) is 3.05. The fourth-order valence-electron chi connectivity index (χ4n) is 4.51. The number of nitro benzene ring substituents is 1. The van der Waals surface area contributed by atoms with E-state index in [2.05, 4.69) is 25.3 Å². The number of non-ortho nitro benzene ring substituents is 1. The van der Waals surface area contributed by atoms with Crippen molar-refractivity contribution >= 4 is 22.5 Å². The number of anilines is 1. The van der Waals surface area contributed by atoms with Crippen molar-refractivity contribution in [1.29, 1.82) is 0 Å². The largest absolute Gasteiger partial charge is 0.424 e. The lowest BCUT2D eigenvalue weighted by Gasteiger charge is -2.13. The Morgan fingerprint density at radius 2 is 1.91 bits per heavy atom. The van der Waals surface area contributed by atoms with Gasteiger partial charge < -0.3 is 14.6 Å². The van der Waals surface area contributed by atoms with E-state index in [4.69, 9.17) is 4.74 Å². The number of aryl methyl sites for hydroxylation is 2. The van der Waals surface area contributed by atoms with Crippen LogP contribution in [0.5, 0.6) is 11.8 Å². The molecule has 1 aliphatic heterocycles. The van der Waals surface area contributed by atoms with E-state index in [0.717, 1.165) is 50.5 Å². The molecule has 0 saturated heterocycles. The molecule has 0 aliphatic carbocycles. The highest BCUT2D eigenvalue weighted by atomic mass is 16.6. The van der Waals surface area contributed by atoms with Gasteiger partial charge in [-0.05, 0) is 53.9 Å². The maximum atomic E-state index is 11.2. The maximum Gasteiger partial charge on any atom is 0.322 e. The standard InChI is InChI=1S/C25H19N7O3/c1-14-9-10-26-25(30-14)35-18-7-8-19-16(11-18)12-27-23-21-20(19)22(31(2)24(21)29-13-28-23)15-3-5-17(6-4-15)32(33)34/h3-11,13H,12H2,1-2H3,(H,27,28,29). The molecule has 0 spiro atoms. The van der Waals surface area contributed by atoms with E-state index in [-0.39, 0.29) is 11.7 Å². The van der Waals surface area contributed by atoms with Crippen molar-refractivity contribution in [2.24, 2.45) is 7.05 Å². The van der Waals surface area contributed by atoms with Gasteiger partial charge in [0.05, 0.1) is 16.0 Å². The number of fused-ring (bicyclic) bond motifs is 2. The van der Waals surface area contributed by atoms with Crippen LogP contribution in [0.3, 0.4) is 0 Å². The molecule has 1 N–H and O–H groups in total. The minimum atomic E-state index is -0.400. The Kier molecular flexibility index (Phi) is 4.66. The van der Waals surface area contributed by atoms with Crippen LogP contribution in [0.15, 0.2) is 61.1 Å². The molecule has 4 heterocycles. The van der Waals surface area contributed by atoms with Crippen molar-refractivity contribution in [3.8, 4) is 34.1 Å². The first-order chi connectivity index (χ1) is 17.0. The first kappa shape index (κ1) is 20.7. The summed E-state index contributed by atoms with van der Waals surface area (Å²) in [5.41, 5.74) is 6.35. The Balaban J connectivity index is 1.53. The normalized spacial score (nSPS) is 12.1. The number of aromatic nitrogens is 5. The van der Waals surface area contributed by atoms with Crippen LogP contribution in [0.1, 0.15) is 11.3 Å². The molecule has 10 heteroatoms. The van der Waals surface area contributed by atoms with Gasteiger partial charge >= 0.3 is 6.01 Å². The molecule has 5 aromatic rings. The summed E-state index contributed by atoms with van der Waals surface area (Å²) in [5.74, 6) is 1.35. The number of hydrogen-bond acceptors (Lipinski definition) is 8. The Hall–Kier alpha value is -4.86. The molecular formula is C25H19N7O3. The molecule has 0 amide bonds. The number of rotatable bonds is 4. The van der Waals surface area contributed by atoms with Gasteiger partial charge in [-0.25, -0.2) is 19.9 Å². The molecule has 0 bridgehead atoms. The summed E-state index contributed by atoms with van der Waals surface area (Å²) in [6.07, 6.45) is 3.20. The molecular weight excluding hydrogens is 446 g/mol. The van der Waals surface area contributed by atoms with Gasteiger partial charge in [0.1, 0.15) is 23.5 Å². The predicted octanol–water partition coefficient (Wildman–Crippen LogP) is 5.03. The summed E-state index contributed by atoms with van der Waals surface area (Å²) in [4.78, 5) is 28.3. The molecule has 0 radical (unpaired) electrons. The second-order valence-electron chi connectivity index (χ2n) is 8.26. The number of nitro groups is 1. The second-order valence-corrected chi connectivity index (χ2v) is 8.26. The Morgan fingerprint density at radius 1 is 1.09 bits per heavy atom. The minimum absolute atomic E-state index is 0.0427. The number of ether oxygens (including phenoxy) is 1. The van der Waals surface area contributed by atoms with Gasteiger partial charge in [-0.15, -0.1) is 0 Å². The van der Waals surface area contributed by atoms with E-state index in [9.17, 15) is 10.1 Å². The van der Waals surface area contributed by atoms with Gasteiger partial charge in [0.15, 0.2) is 0 Å². The quantitative estimate of drug-likeness (QED) is 0.290. The van der Waals surface area contributed by atoms with Gasteiger partial charge in [-0.3, -0.25) is 10.1 Å². The monoisotopic (exact) mass is 465 g/mol. The molecule has 3 aromatic heterocycles. The number of nitrogens with one attached hydrogen (secondary N) is 1. The van der Waals surface area contributed by atoms with Gasteiger partial charge in [-0.1, -0.05) is 6.07 Å². The Labute approximate surface area is 199 Å². The molecule has 0 fully saturated rings. The molecule has 2 aromatic carbocycles. The molecule has 0 atom stereocenters. The maximum absolute atomic E-state index is 11.2. The highest BCUT2D eigenvalue weighted by molar-refractivity contribution is 6.09. The van der Waals surface area contributed by atoms with Crippen molar-refractivity contribution in [2.45, 2.75) is 13.5 Å². The number of hydrogen-bond donors (Lipinski definition) is 1. The van der Waals surface area contributed by atoms with Crippen LogP contribution in [0.2, 0.25) is 0 Å². The average molecular weight is 465 g/mol. The summed E-state index contributed by atoms with van der Waals surface area (Å²) in [5, 5.41) is 15.5. The third kappa shape index (κ3) is 3.43. The van der Waals surface area contributed by atoms with Gasteiger partial charge in [0.2, 0.25) is 0 Å². The lowest BCUT2D eigenvalue weighted by molar-refractivity contribution is -0.384. The van der Waals surface area contributed by atoms with Crippen LogP contribution >= 0.6 is 0 Å². The van der Waals surface area contributed by atoms with Crippen LogP contribution < -0.4 is 10.1 Å². The molecule has 10 nitrogen and oxygen atoms in total. The van der Waals surface area contributed by atoms with Crippen LogP contribution in [0.4, 0.5) is 11.5 Å². The molecule has 0 unspecified atom stereocenters. The van der Waals surface area contributed by atoms with E-state index in [0.29, 0.717) is 12.3 Å². The third-order valence-electron chi connectivity index (χ3n) is 6.09. The van der Waals surface area contributed by atoms with E-state index in [1.54, 1.807) is 18.3 Å². The Bertz CT molecular complexity index is 1630. The molecule has 35 heavy (non-hydrogen) atoms. The lowest BCUT2D eigenvalue weighted by atomic mass is 9.95. The summed E-state index contributed by atoms with van der Waals surface area (Å²) >= 11 is 0. The van der Waals surface area contributed by atoms with Crippen LogP contribution in [-0.2, 0) is 13.6 Å². The van der Waals surface area contributed by atoms with Crippen molar-refractivity contribution < 1.29 is 9.66 Å². The van der Waals surface area contributed by atoms with Crippen molar-refractivity contribution in [3.05, 3.63) is 82.4 Å². The van der Waals surface area contributed by atoms with Crippen molar-refractivity contribution in [1.82, 2.24) is 24.5 Å². The first-order valence-electron chi connectivity index (χ1n) is 10.9. The minimum Gasteiger partial charge on any atom is -0.424 e. The Morgan fingerprint density at radius 3 is 2.69 bits per heavy atom. The predicted molar refractivity (Wildman–Crippen MR) is 130 cm³/mol. The molecule has 6 rings (SSSR count). The fourth-order valence-corrected chi connectivity index (χ4v) is 4.51. The van der Waals surface area contributed by atoms with E-state index < -0.39 is 4.92 Å². The number of nitrogens with zero attached hydrogens (tertiary/aromatic N) is 6. The zero-order valence-electron chi connectivity index (χ0n) is 18.9. The SMILES string of the molecule is Cc1ccnc(Oc2ccc3c(c2)CNc2ncnc4c2c-3c(-c2ccc([N+](=O)[O-])cc2)n4C)n1. The van der Waals surface area contributed by atoms with Crippen molar-refractivity contribution in [3.63, 3.8) is 0 Å². The smallest absolute Gasteiger partial charge is 0.322 e. The third-order valence-corrected chi connectivity index (χ3v) is 6.09. The van der Waals surface area contributed by atoms with E-state index in [1.807, 2.05) is 42.8 Å². The topological polar surface area (TPSA) is 121 Å². The molecule has 172 valence electrons. The first-order valence-corrected chi connectivity index (χ1v) is 10.9. The summed E-state index contributed by atoms with van der Waals surface area (Å²) in [6, 6.07) is 14.5. The van der Waals surface area contributed by atoms with Gasteiger partial charge in [-0.2, -0.15) is 0 Å². The zero-order chi connectivity index (χ0) is 24.1. The van der Waals surface area contributed by atoms with Gasteiger partial charge in [0.25, 0.3) is 5.69 Å². The summed E-state index contributed by atoms with van der Waals surface area (Å²) in [7, 11) is 1.94. The highest BCUT2D eigenvalue weighted by Gasteiger charge is 2.27. The van der Waals surface area contributed by atoms with E-state index >= 15 is 0 Å². The van der Waals surface area contributed by atoms with Crippen LogP contribution in [-0.4, -0.2) is 29.4 Å². The highest BCUT2D eigenvalue weighted by Crippen LogP contribution is 2.46.